The summed E-state index contributed by atoms with van der Waals surface area (Å²) in [6.45, 7) is 1.45. The number of halogens is 1. The molecule has 5 nitrogen and oxygen atoms in total. The molecule has 130 valence electrons. The zero-order chi connectivity index (χ0) is 16.1. The molecule has 1 saturated carbocycles. The van der Waals surface area contributed by atoms with Crippen molar-refractivity contribution in [2.45, 2.75) is 24.7 Å². The van der Waals surface area contributed by atoms with E-state index in [4.69, 9.17) is 0 Å². The molecule has 2 rings (SSSR count). The normalized spacial score (nSPS) is 16.3. The Morgan fingerprint density at radius 3 is 2.39 bits per heavy atom. The predicted molar refractivity (Wildman–Crippen MR) is 106 cm³/mol. The highest BCUT2D eigenvalue weighted by Crippen LogP contribution is 2.47. The number of hydrogen-bond acceptors (Lipinski definition) is 3. The second-order valence-electron chi connectivity index (χ2n) is 5.98. The second kappa shape index (κ2) is 8.86. The fraction of sp³-hybridized carbons (Fsp3) is 0.562. The second-order valence-corrected chi connectivity index (χ2v) is 8.24. The van der Waals surface area contributed by atoms with Crippen LogP contribution in [-0.2, 0) is 15.3 Å². The van der Waals surface area contributed by atoms with E-state index in [-0.39, 0.29) is 35.1 Å². The van der Waals surface area contributed by atoms with Crippen molar-refractivity contribution in [3.63, 3.8) is 0 Å². The maximum atomic E-state index is 11.1. The Labute approximate surface area is 156 Å². The molecule has 7 heteroatoms. The van der Waals surface area contributed by atoms with Crippen LogP contribution in [0.5, 0.6) is 0 Å². The Kier molecular flexibility index (Phi) is 7.79. The van der Waals surface area contributed by atoms with E-state index in [1.807, 2.05) is 6.07 Å². The fourth-order valence-corrected chi connectivity index (χ4v) is 3.19. The smallest absolute Gasteiger partial charge is 0.191 e. The number of sulfone groups is 1. The third-order valence-electron chi connectivity index (χ3n) is 4.04. The van der Waals surface area contributed by atoms with Gasteiger partial charge < -0.3 is 10.6 Å². The monoisotopic (exact) mass is 451 g/mol. The van der Waals surface area contributed by atoms with Crippen LogP contribution in [0, 0.1) is 0 Å². The van der Waals surface area contributed by atoms with Gasteiger partial charge >= 0.3 is 0 Å². The van der Waals surface area contributed by atoms with E-state index >= 15 is 0 Å². The fourth-order valence-electron chi connectivity index (χ4n) is 2.52. The molecule has 1 aromatic carbocycles. The zero-order valence-electron chi connectivity index (χ0n) is 13.7. The van der Waals surface area contributed by atoms with Crippen molar-refractivity contribution in [1.29, 1.82) is 0 Å². The zero-order valence-corrected chi connectivity index (χ0v) is 16.9. The van der Waals surface area contributed by atoms with Gasteiger partial charge in [-0.1, -0.05) is 30.3 Å². The summed E-state index contributed by atoms with van der Waals surface area (Å²) in [7, 11) is -1.16. The quantitative estimate of drug-likeness (QED) is 0.288. The van der Waals surface area contributed by atoms with E-state index in [0.29, 0.717) is 13.0 Å². The highest BCUT2D eigenvalue weighted by molar-refractivity contribution is 14.0. The summed E-state index contributed by atoms with van der Waals surface area (Å²) >= 11 is 0. The van der Waals surface area contributed by atoms with Gasteiger partial charge in [-0.3, -0.25) is 4.99 Å². The first-order chi connectivity index (χ1) is 10.5. The molecule has 0 radical (unpaired) electrons. The molecule has 0 atom stereocenters. The molecule has 2 N–H and O–H groups in total. The number of rotatable bonds is 7. The molecule has 23 heavy (non-hydrogen) atoms. The lowest BCUT2D eigenvalue weighted by atomic mass is 9.96. The number of benzene rings is 1. The Morgan fingerprint density at radius 1 is 1.22 bits per heavy atom. The van der Waals surface area contributed by atoms with Gasteiger partial charge in [0.15, 0.2) is 5.96 Å². The van der Waals surface area contributed by atoms with Gasteiger partial charge in [0.1, 0.15) is 9.84 Å². The van der Waals surface area contributed by atoms with Gasteiger partial charge in [-0.15, -0.1) is 24.0 Å². The molecule has 1 aromatic rings. The molecule has 1 fully saturated rings. The van der Waals surface area contributed by atoms with Gasteiger partial charge in [0, 0.05) is 31.8 Å². The molecule has 0 aromatic heterocycles. The molecule has 0 saturated heterocycles. The van der Waals surface area contributed by atoms with Crippen molar-refractivity contribution in [3.8, 4) is 0 Å². The predicted octanol–water partition coefficient (Wildman–Crippen LogP) is 1.94. The van der Waals surface area contributed by atoms with E-state index < -0.39 is 9.84 Å². The SMILES string of the molecule is CN=C(NCCCS(C)(=O)=O)NCC1(c2ccccc2)CC1.I. The maximum Gasteiger partial charge on any atom is 0.191 e. The number of nitrogens with one attached hydrogen (secondary N) is 2. The first kappa shape index (κ1) is 20.2. The Balaban J connectivity index is 0.00000264. The van der Waals surface area contributed by atoms with Crippen LogP contribution in [0.3, 0.4) is 0 Å². The summed E-state index contributed by atoms with van der Waals surface area (Å²) in [5.74, 6) is 0.931. The molecule has 0 amide bonds. The Morgan fingerprint density at radius 2 is 1.87 bits per heavy atom. The van der Waals surface area contributed by atoms with Crippen LogP contribution in [0.4, 0.5) is 0 Å². The molecule has 0 heterocycles. The Bertz CT molecular complexity index is 613. The molecular weight excluding hydrogens is 425 g/mol. The summed E-state index contributed by atoms with van der Waals surface area (Å²) in [6.07, 6.45) is 4.23. The first-order valence-electron chi connectivity index (χ1n) is 7.63. The van der Waals surface area contributed by atoms with Gasteiger partial charge in [-0.2, -0.15) is 0 Å². The minimum atomic E-state index is -2.89. The first-order valence-corrected chi connectivity index (χ1v) is 9.69. The van der Waals surface area contributed by atoms with Gasteiger partial charge in [-0.25, -0.2) is 8.42 Å². The minimum absolute atomic E-state index is 0. The third kappa shape index (κ3) is 6.66. The van der Waals surface area contributed by atoms with Crippen molar-refractivity contribution in [2.24, 2.45) is 4.99 Å². The van der Waals surface area contributed by atoms with Crippen LogP contribution in [0.1, 0.15) is 24.8 Å². The standard InChI is InChI=1S/C16H25N3O2S.HI/c1-17-15(18-11-6-12-22(2,20)21)19-13-16(9-10-16)14-7-4-3-5-8-14;/h3-5,7-8H,6,9-13H2,1-2H3,(H2,17,18,19);1H. The largest absolute Gasteiger partial charge is 0.356 e. The van der Waals surface area contributed by atoms with Gasteiger partial charge in [0.05, 0.1) is 5.75 Å². The molecule has 0 bridgehead atoms. The molecule has 1 aliphatic rings. The lowest BCUT2D eigenvalue weighted by Crippen LogP contribution is -2.41. The maximum absolute atomic E-state index is 11.1. The molecular formula is C16H26IN3O2S. The minimum Gasteiger partial charge on any atom is -0.356 e. The van der Waals surface area contributed by atoms with Crippen LogP contribution in [0.25, 0.3) is 0 Å². The summed E-state index contributed by atoms with van der Waals surface area (Å²) in [5, 5.41) is 6.53. The van der Waals surface area contributed by atoms with Crippen molar-refractivity contribution < 1.29 is 8.42 Å². The highest BCUT2D eigenvalue weighted by atomic mass is 127. The van der Waals surface area contributed by atoms with Crippen molar-refractivity contribution in [2.75, 3.05) is 32.1 Å². The summed E-state index contributed by atoms with van der Waals surface area (Å²) in [5.41, 5.74) is 1.60. The lowest BCUT2D eigenvalue weighted by Gasteiger charge is -2.19. The van der Waals surface area contributed by atoms with Crippen LogP contribution in [-0.4, -0.2) is 46.5 Å². The van der Waals surface area contributed by atoms with Crippen molar-refractivity contribution in [3.05, 3.63) is 35.9 Å². The van der Waals surface area contributed by atoms with Gasteiger partial charge in [0.2, 0.25) is 0 Å². The highest BCUT2D eigenvalue weighted by Gasteiger charge is 2.43. The van der Waals surface area contributed by atoms with E-state index in [0.717, 1.165) is 12.5 Å². The van der Waals surface area contributed by atoms with Gasteiger partial charge in [0.25, 0.3) is 0 Å². The molecule has 0 aliphatic heterocycles. The van der Waals surface area contributed by atoms with E-state index in [1.165, 1.54) is 24.7 Å². The number of hydrogen-bond donors (Lipinski definition) is 2. The van der Waals surface area contributed by atoms with Crippen LogP contribution >= 0.6 is 24.0 Å². The number of guanidine groups is 1. The molecule has 0 unspecified atom stereocenters. The van der Waals surface area contributed by atoms with Crippen molar-refractivity contribution >= 4 is 39.8 Å². The summed E-state index contributed by atoms with van der Waals surface area (Å²) < 4.78 is 22.2. The third-order valence-corrected chi connectivity index (χ3v) is 5.07. The molecule has 1 aliphatic carbocycles. The Hall–Kier alpha value is -0.830. The average Bonchev–Trinajstić information content (AvgIpc) is 3.28. The van der Waals surface area contributed by atoms with Gasteiger partial charge in [-0.05, 0) is 24.8 Å². The van der Waals surface area contributed by atoms with E-state index in [9.17, 15) is 8.42 Å². The summed E-state index contributed by atoms with van der Waals surface area (Å²) in [6, 6.07) is 10.5. The van der Waals surface area contributed by atoms with Crippen LogP contribution in [0.2, 0.25) is 0 Å². The topological polar surface area (TPSA) is 70.6 Å². The van der Waals surface area contributed by atoms with E-state index in [2.05, 4.69) is 39.9 Å². The molecule has 0 spiro atoms. The average molecular weight is 451 g/mol. The van der Waals surface area contributed by atoms with Crippen LogP contribution < -0.4 is 10.6 Å². The summed E-state index contributed by atoms with van der Waals surface area (Å²) in [4.78, 5) is 4.19. The van der Waals surface area contributed by atoms with Crippen LogP contribution in [0.15, 0.2) is 35.3 Å². The lowest BCUT2D eigenvalue weighted by molar-refractivity contribution is 0.598. The number of aliphatic imine (C=N–C) groups is 1. The van der Waals surface area contributed by atoms with Crippen molar-refractivity contribution in [1.82, 2.24) is 10.6 Å². The number of nitrogens with zero attached hydrogens (tertiary/aromatic N) is 1. The van der Waals surface area contributed by atoms with E-state index in [1.54, 1.807) is 7.05 Å².